The van der Waals surface area contributed by atoms with Gasteiger partial charge in [-0.25, -0.2) is 9.18 Å². The normalized spacial score (nSPS) is 20.1. The van der Waals surface area contributed by atoms with E-state index < -0.39 is 6.09 Å². The van der Waals surface area contributed by atoms with Crippen LogP contribution in [0, 0.1) is 5.82 Å². The first kappa shape index (κ1) is 12.3. The van der Waals surface area contributed by atoms with Crippen LogP contribution in [0.25, 0.3) is 0 Å². The lowest BCUT2D eigenvalue weighted by Crippen LogP contribution is -2.56. The summed E-state index contributed by atoms with van der Waals surface area (Å²) in [5, 5.41) is 8.87. The summed E-state index contributed by atoms with van der Waals surface area (Å²) in [5.74, 6) is -0.675. The van der Waals surface area contributed by atoms with Crippen molar-refractivity contribution in [3.05, 3.63) is 30.1 Å². The maximum Gasteiger partial charge on any atom is 0.407 e. The Morgan fingerprint density at radius 3 is 2.50 bits per heavy atom. The molecule has 6 heteroatoms. The number of anilines is 1. The maximum absolute atomic E-state index is 12.8. The highest BCUT2D eigenvalue weighted by atomic mass is 19.1. The molecule has 1 N–H and O–H groups in total. The van der Waals surface area contributed by atoms with Crippen LogP contribution in [0.4, 0.5) is 14.9 Å². The fraction of sp³-hybridized carbons (Fsp3) is 0.333. The number of benzene rings is 1. The Morgan fingerprint density at radius 1 is 1.39 bits per heavy atom. The average molecular weight is 252 g/mol. The van der Waals surface area contributed by atoms with Crippen LogP contribution in [0.5, 0.6) is 0 Å². The molecule has 1 aromatic carbocycles. The second-order valence-corrected chi connectivity index (χ2v) is 4.25. The van der Waals surface area contributed by atoms with Gasteiger partial charge in [-0.15, -0.1) is 0 Å². The summed E-state index contributed by atoms with van der Waals surface area (Å²) >= 11 is 0. The molecule has 0 radical (unpaired) electrons. The summed E-state index contributed by atoms with van der Waals surface area (Å²) in [6, 6.07) is 5.31. The zero-order valence-corrected chi connectivity index (χ0v) is 9.84. The van der Waals surface area contributed by atoms with E-state index in [1.54, 1.807) is 6.92 Å². The Hall–Kier alpha value is -2.11. The first-order valence-corrected chi connectivity index (χ1v) is 5.54. The summed E-state index contributed by atoms with van der Waals surface area (Å²) in [6.45, 7) is 1.84. The number of piperazine rings is 1. The van der Waals surface area contributed by atoms with E-state index >= 15 is 0 Å². The van der Waals surface area contributed by atoms with Crippen molar-refractivity contribution in [2.24, 2.45) is 0 Å². The smallest absolute Gasteiger partial charge is 0.407 e. The van der Waals surface area contributed by atoms with Crippen LogP contribution in [0.15, 0.2) is 24.3 Å². The van der Waals surface area contributed by atoms with E-state index in [2.05, 4.69) is 0 Å². The van der Waals surface area contributed by atoms with Crippen molar-refractivity contribution in [2.45, 2.75) is 13.0 Å². The quantitative estimate of drug-likeness (QED) is 0.824. The first-order chi connectivity index (χ1) is 8.49. The van der Waals surface area contributed by atoms with Gasteiger partial charge in [0, 0.05) is 12.2 Å². The van der Waals surface area contributed by atoms with Gasteiger partial charge in [-0.3, -0.25) is 9.69 Å². The van der Waals surface area contributed by atoms with Crippen molar-refractivity contribution in [1.29, 1.82) is 0 Å². The van der Waals surface area contributed by atoms with Gasteiger partial charge in [-0.05, 0) is 31.2 Å². The second-order valence-electron chi connectivity index (χ2n) is 4.25. The van der Waals surface area contributed by atoms with Crippen molar-refractivity contribution in [3.8, 4) is 0 Å². The minimum atomic E-state index is -1.10. The fourth-order valence-corrected chi connectivity index (χ4v) is 2.10. The summed E-state index contributed by atoms with van der Waals surface area (Å²) < 4.78 is 12.8. The predicted molar refractivity (Wildman–Crippen MR) is 62.9 cm³/mol. The molecule has 0 aliphatic carbocycles. The molecule has 0 spiro atoms. The minimum Gasteiger partial charge on any atom is -0.465 e. The standard InChI is InChI=1S/C12H13FN2O3/c1-8-6-14(12(17)18)7-11(16)15(8)10-4-2-9(13)3-5-10/h2-5,8H,6-7H2,1H3,(H,17,18). The topological polar surface area (TPSA) is 60.9 Å². The second kappa shape index (κ2) is 4.64. The molecule has 1 atom stereocenters. The molecule has 18 heavy (non-hydrogen) atoms. The Bertz CT molecular complexity index is 475. The molecular formula is C12H13FN2O3. The molecule has 1 aliphatic heterocycles. The maximum atomic E-state index is 12.8. The largest absolute Gasteiger partial charge is 0.465 e. The van der Waals surface area contributed by atoms with Gasteiger partial charge in [-0.2, -0.15) is 0 Å². The number of amides is 2. The highest BCUT2D eigenvalue weighted by molar-refractivity contribution is 5.97. The van der Waals surface area contributed by atoms with E-state index in [0.717, 1.165) is 4.90 Å². The number of carbonyl (C=O) groups excluding carboxylic acids is 1. The SMILES string of the molecule is CC1CN(C(=O)O)CC(=O)N1c1ccc(F)cc1. The Labute approximate surface area is 103 Å². The van der Waals surface area contributed by atoms with Crippen LogP contribution in [0.3, 0.4) is 0 Å². The van der Waals surface area contributed by atoms with Crippen molar-refractivity contribution in [2.75, 3.05) is 18.0 Å². The molecule has 0 saturated carbocycles. The van der Waals surface area contributed by atoms with Gasteiger partial charge in [-0.1, -0.05) is 0 Å². The van der Waals surface area contributed by atoms with Gasteiger partial charge in [0.05, 0.1) is 6.04 Å². The van der Waals surface area contributed by atoms with E-state index in [-0.39, 0.29) is 30.9 Å². The molecule has 1 aliphatic rings. The van der Waals surface area contributed by atoms with Gasteiger partial charge in [0.2, 0.25) is 5.91 Å². The first-order valence-electron chi connectivity index (χ1n) is 5.54. The predicted octanol–water partition coefficient (Wildman–Crippen LogP) is 1.54. The van der Waals surface area contributed by atoms with Gasteiger partial charge in [0.15, 0.2) is 0 Å². The van der Waals surface area contributed by atoms with E-state index in [1.165, 1.54) is 29.2 Å². The fourth-order valence-electron chi connectivity index (χ4n) is 2.10. The lowest BCUT2D eigenvalue weighted by atomic mass is 10.1. The van der Waals surface area contributed by atoms with Crippen molar-refractivity contribution in [3.63, 3.8) is 0 Å². The van der Waals surface area contributed by atoms with Crippen LogP contribution in [0.1, 0.15) is 6.92 Å². The van der Waals surface area contributed by atoms with Gasteiger partial charge in [0.1, 0.15) is 12.4 Å². The van der Waals surface area contributed by atoms with Crippen LogP contribution in [-0.4, -0.2) is 41.1 Å². The number of hydrogen-bond donors (Lipinski definition) is 1. The van der Waals surface area contributed by atoms with E-state index in [1.807, 2.05) is 0 Å². The van der Waals surface area contributed by atoms with Crippen molar-refractivity contribution < 1.29 is 19.1 Å². The summed E-state index contributed by atoms with van der Waals surface area (Å²) in [6.07, 6.45) is -1.10. The summed E-state index contributed by atoms with van der Waals surface area (Å²) in [4.78, 5) is 25.3. The highest BCUT2D eigenvalue weighted by Crippen LogP contribution is 2.21. The molecule has 5 nitrogen and oxygen atoms in total. The Kier molecular flexibility index (Phi) is 3.18. The third-order valence-electron chi connectivity index (χ3n) is 2.90. The zero-order valence-electron chi connectivity index (χ0n) is 9.84. The molecule has 1 unspecified atom stereocenters. The van der Waals surface area contributed by atoms with E-state index in [4.69, 9.17) is 5.11 Å². The van der Waals surface area contributed by atoms with Crippen molar-refractivity contribution >= 4 is 17.7 Å². The third kappa shape index (κ3) is 2.27. The molecule has 2 rings (SSSR count). The van der Waals surface area contributed by atoms with E-state index in [0.29, 0.717) is 5.69 Å². The molecule has 1 saturated heterocycles. The number of carboxylic acid groups (broad SMARTS) is 1. The van der Waals surface area contributed by atoms with E-state index in [9.17, 15) is 14.0 Å². The average Bonchev–Trinajstić information content (AvgIpc) is 2.30. The van der Waals surface area contributed by atoms with Gasteiger partial charge >= 0.3 is 6.09 Å². The van der Waals surface area contributed by atoms with Crippen molar-refractivity contribution in [1.82, 2.24) is 4.90 Å². The molecule has 1 heterocycles. The number of rotatable bonds is 1. The summed E-state index contributed by atoms with van der Waals surface area (Å²) in [7, 11) is 0. The molecule has 1 aromatic rings. The number of hydrogen-bond acceptors (Lipinski definition) is 2. The highest BCUT2D eigenvalue weighted by Gasteiger charge is 2.32. The van der Waals surface area contributed by atoms with Gasteiger partial charge < -0.3 is 10.0 Å². The third-order valence-corrected chi connectivity index (χ3v) is 2.90. The monoisotopic (exact) mass is 252 g/mol. The Balaban J connectivity index is 2.22. The lowest BCUT2D eigenvalue weighted by molar-refractivity contribution is -0.121. The zero-order chi connectivity index (χ0) is 13.3. The molecule has 0 aromatic heterocycles. The van der Waals surface area contributed by atoms with Crippen LogP contribution in [-0.2, 0) is 4.79 Å². The Morgan fingerprint density at radius 2 is 2.00 bits per heavy atom. The number of halogens is 1. The number of nitrogens with zero attached hydrogens (tertiary/aromatic N) is 2. The van der Waals surface area contributed by atoms with Gasteiger partial charge in [0.25, 0.3) is 0 Å². The minimum absolute atomic E-state index is 0.170. The van der Waals surface area contributed by atoms with Crippen LogP contribution in [0.2, 0.25) is 0 Å². The molecule has 96 valence electrons. The van der Waals surface area contributed by atoms with Crippen LogP contribution >= 0.6 is 0 Å². The summed E-state index contributed by atoms with van der Waals surface area (Å²) in [5.41, 5.74) is 0.582. The lowest BCUT2D eigenvalue weighted by Gasteiger charge is -2.38. The molecule has 1 fully saturated rings. The molecule has 2 amide bonds. The van der Waals surface area contributed by atoms with Crippen LogP contribution < -0.4 is 4.90 Å². The molecular weight excluding hydrogens is 239 g/mol. The molecule has 0 bridgehead atoms. The number of carbonyl (C=O) groups is 2.